The number of nitrogens with two attached hydrogens (primary N) is 1. The fourth-order valence-electron chi connectivity index (χ4n) is 3.15. The molecular formula is C24H25N3O4S. The van der Waals surface area contributed by atoms with Crippen LogP contribution >= 0.6 is 0 Å². The van der Waals surface area contributed by atoms with Gasteiger partial charge in [-0.05, 0) is 79.4 Å². The van der Waals surface area contributed by atoms with Crippen LogP contribution in [0, 0.1) is 13.8 Å². The summed E-state index contributed by atoms with van der Waals surface area (Å²) in [7, 11) is -3.78. The van der Waals surface area contributed by atoms with Gasteiger partial charge in [-0.25, -0.2) is 8.42 Å². The van der Waals surface area contributed by atoms with Crippen LogP contribution in [-0.2, 0) is 16.4 Å². The lowest BCUT2D eigenvalue weighted by Crippen LogP contribution is -2.26. The minimum absolute atomic E-state index is 0.0678. The molecule has 8 heteroatoms. The first kappa shape index (κ1) is 23.0. The van der Waals surface area contributed by atoms with E-state index in [9.17, 15) is 18.0 Å². The molecule has 0 heterocycles. The van der Waals surface area contributed by atoms with Gasteiger partial charge in [0, 0.05) is 17.7 Å². The second-order valence-electron chi connectivity index (χ2n) is 7.45. The molecule has 0 saturated heterocycles. The lowest BCUT2D eigenvalue weighted by Gasteiger charge is -2.12. The van der Waals surface area contributed by atoms with E-state index in [1.807, 2.05) is 26.0 Å². The Bertz CT molecular complexity index is 1250. The minimum Gasteiger partial charge on any atom is -0.366 e. The van der Waals surface area contributed by atoms with Crippen molar-refractivity contribution in [3.63, 3.8) is 0 Å². The Hall–Kier alpha value is -3.65. The summed E-state index contributed by atoms with van der Waals surface area (Å²) >= 11 is 0. The maximum Gasteiger partial charge on any atom is 0.261 e. The zero-order chi connectivity index (χ0) is 23.3. The number of nitrogens with one attached hydrogen (secondary N) is 2. The van der Waals surface area contributed by atoms with E-state index in [2.05, 4.69) is 10.0 Å². The molecule has 7 nitrogen and oxygen atoms in total. The van der Waals surface area contributed by atoms with E-state index in [4.69, 9.17) is 5.73 Å². The molecule has 3 aromatic carbocycles. The van der Waals surface area contributed by atoms with Gasteiger partial charge in [0.2, 0.25) is 5.91 Å². The Kier molecular flexibility index (Phi) is 6.95. The Morgan fingerprint density at radius 3 is 2.28 bits per heavy atom. The van der Waals surface area contributed by atoms with E-state index in [0.717, 1.165) is 16.7 Å². The van der Waals surface area contributed by atoms with Gasteiger partial charge < -0.3 is 11.1 Å². The monoisotopic (exact) mass is 451 g/mol. The van der Waals surface area contributed by atoms with Gasteiger partial charge in [-0.1, -0.05) is 24.3 Å². The smallest absolute Gasteiger partial charge is 0.261 e. The van der Waals surface area contributed by atoms with E-state index in [1.165, 1.54) is 24.3 Å². The molecule has 0 aromatic heterocycles. The first-order chi connectivity index (χ1) is 15.2. The summed E-state index contributed by atoms with van der Waals surface area (Å²) in [4.78, 5) is 23.7. The second kappa shape index (κ2) is 9.65. The maximum absolute atomic E-state index is 12.7. The molecule has 4 N–H and O–H groups in total. The van der Waals surface area contributed by atoms with E-state index in [0.29, 0.717) is 29.8 Å². The van der Waals surface area contributed by atoms with E-state index in [1.54, 1.807) is 30.3 Å². The third kappa shape index (κ3) is 5.53. The lowest BCUT2D eigenvalue weighted by molar-refractivity contribution is 0.0952. The fourth-order valence-corrected chi connectivity index (χ4v) is 4.28. The molecule has 0 aliphatic carbocycles. The van der Waals surface area contributed by atoms with Crippen LogP contribution in [0.2, 0.25) is 0 Å². The van der Waals surface area contributed by atoms with E-state index in [-0.39, 0.29) is 10.8 Å². The number of anilines is 1. The van der Waals surface area contributed by atoms with Crippen molar-refractivity contribution < 1.29 is 18.0 Å². The topological polar surface area (TPSA) is 118 Å². The number of hydrogen-bond donors (Lipinski definition) is 3. The zero-order valence-corrected chi connectivity index (χ0v) is 18.7. The van der Waals surface area contributed by atoms with Gasteiger partial charge in [-0.15, -0.1) is 0 Å². The van der Waals surface area contributed by atoms with Crippen LogP contribution < -0.4 is 15.8 Å². The van der Waals surface area contributed by atoms with Crippen molar-refractivity contribution in [2.24, 2.45) is 5.73 Å². The molecule has 0 aliphatic heterocycles. The average molecular weight is 452 g/mol. The second-order valence-corrected chi connectivity index (χ2v) is 9.13. The number of hydrogen-bond acceptors (Lipinski definition) is 4. The molecule has 0 saturated carbocycles. The third-order valence-corrected chi connectivity index (χ3v) is 6.57. The molecule has 0 bridgehead atoms. The number of carbonyl (C=O) groups is 2. The summed E-state index contributed by atoms with van der Waals surface area (Å²) in [6.07, 6.45) is 0.527. The largest absolute Gasteiger partial charge is 0.366 e. The van der Waals surface area contributed by atoms with E-state index >= 15 is 0 Å². The number of sulfonamides is 1. The first-order valence-electron chi connectivity index (χ1n) is 10.0. The molecule has 0 fully saturated rings. The highest BCUT2D eigenvalue weighted by atomic mass is 32.2. The molecule has 0 atom stereocenters. The summed E-state index contributed by atoms with van der Waals surface area (Å²) in [5.74, 6) is -0.819. The van der Waals surface area contributed by atoms with Gasteiger partial charge in [0.1, 0.15) is 0 Å². The fraction of sp³-hybridized carbons (Fsp3) is 0.167. The van der Waals surface area contributed by atoms with Gasteiger partial charge in [0.05, 0.1) is 10.6 Å². The summed E-state index contributed by atoms with van der Waals surface area (Å²) < 4.78 is 28.0. The van der Waals surface area contributed by atoms with Gasteiger partial charge in [-0.3, -0.25) is 14.3 Å². The molecule has 3 rings (SSSR count). The Labute approximate surface area is 187 Å². The molecule has 0 aliphatic rings. The highest BCUT2D eigenvalue weighted by Crippen LogP contribution is 2.22. The van der Waals surface area contributed by atoms with Crippen LogP contribution in [0.25, 0.3) is 0 Å². The maximum atomic E-state index is 12.7. The van der Waals surface area contributed by atoms with E-state index < -0.39 is 15.9 Å². The molecule has 166 valence electrons. The predicted octanol–water partition coefficient (Wildman–Crippen LogP) is 3.18. The van der Waals surface area contributed by atoms with Gasteiger partial charge >= 0.3 is 0 Å². The average Bonchev–Trinajstić information content (AvgIpc) is 2.77. The number of rotatable bonds is 8. The normalized spacial score (nSPS) is 11.1. The van der Waals surface area contributed by atoms with Crippen molar-refractivity contribution >= 4 is 27.5 Å². The quantitative estimate of drug-likeness (QED) is 0.487. The van der Waals surface area contributed by atoms with Crippen molar-refractivity contribution in [1.82, 2.24) is 5.32 Å². The van der Waals surface area contributed by atoms with Gasteiger partial charge in [0.15, 0.2) is 0 Å². The van der Waals surface area contributed by atoms with Crippen molar-refractivity contribution in [2.75, 3.05) is 11.3 Å². The summed E-state index contributed by atoms with van der Waals surface area (Å²) in [6.45, 7) is 4.12. The third-order valence-electron chi connectivity index (χ3n) is 5.19. The van der Waals surface area contributed by atoms with Crippen molar-refractivity contribution in [3.8, 4) is 0 Å². The van der Waals surface area contributed by atoms with Gasteiger partial charge in [-0.2, -0.15) is 0 Å². The summed E-state index contributed by atoms with van der Waals surface area (Å²) in [5, 5.41) is 2.79. The van der Waals surface area contributed by atoms with Crippen LogP contribution in [0.3, 0.4) is 0 Å². The molecular weight excluding hydrogens is 426 g/mol. The Morgan fingerprint density at radius 2 is 1.59 bits per heavy atom. The number of aryl methyl sites for hydroxylation is 1. The number of benzene rings is 3. The number of amides is 2. The first-order valence-corrected chi connectivity index (χ1v) is 11.5. The summed E-state index contributed by atoms with van der Waals surface area (Å²) in [5.41, 5.74) is 9.28. The highest BCUT2D eigenvalue weighted by molar-refractivity contribution is 7.92. The SMILES string of the molecule is Cc1cccc(NS(=O)(=O)c2ccc(C(=O)NCCc3cccc(C(N)=O)c3)cc2)c1C. The molecule has 32 heavy (non-hydrogen) atoms. The van der Waals surface area contributed by atoms with Crippen molar-refractivity contribution in [2.45, 2.75) is 25.2 Å². The number of carbonyl (C=O) groups excluding carboxylic acids is 2. The molecule has 3 aromatic rings. The molecule has 2 amide bonds. The van der Waals surface area contributed by atoms with Crippen LogP contribution in [0.4, 0.5) is 5.69 Å². The Morgan fingerprint density at radius 1 is 0.906 bits per heavy atom. The summed E-state index contributed by atoms with van der Waals surface area (Å²) in [6, 6.07) is 18.1. The van der Waals surface area contributed by atoms with Gasteiger partial charge in [0.25, 0.3) is 15.9 Å². The molecule has 0 radical (unpaired) electrons. The zero-order valence-electron chi connectivity index (χ0n) is 17.9. The van der Waals surface area contributed by atoms with Crippen molar-refractivity contribution in [3.05, 3.63) is 94.5 Å². The molecule has 0 unspecified atom stereocenters. The predicted molar refractivity (Wildman–Crippen MR) is 124 cm³/mol. The number of primary amides is 1. The highest BCUT2D eigenvalue weighted by Gasteiger charge is 2.16. The lowest BCUT2D eigenvalue weighted by atomic mass is 10.1. The Balaban J connectivity index is 1.62. The minimum atomic E-state index is -3.78. The van der Waals surface area contributed by atoms with Crippen LogP contribution in [-0.4, -0.2) is 26.8 Å². The molecule has 0 spiro atoms. The standard InChI is InChI=1S/C24H25N3O4S/c1-16-5-3-8-22(17(16)2)27-32(30,31)21-11-9-19(10-12-21)24(29)26-14-13-18-6-4-7-20(15-18)23(25)28/h3-12,15,27H,13-14H2,1-2H3,(H2,25,28)(H,26,29). The van der Waals surface area contributed by atoms with Crippen LogP contribution in [0.1, 0.15) is 37.4 Å². The van der Waals surface area contributed by atoms with Crippen LogP contribution in [0.5, 0.6) is 0 Å². The van der Waals surface area contributed by atoms with Crippen molar-refractivity contribution in [1.29, 1.82) is 0 Å². The van der Waals surface area contributed by atoms with Crippen LogP contribution in [0.15, 0.2) is 71.6 Å².